The van der Waals surface area contributed by atoms with Crippen LogP contribution < -0.4 is 4.74 Å². The maximum atomic E-state index is 11.3. The number of rotatable bonds is 2. The van der Waals surface area contributed by atoms with E-state index in [0.717, 1.165) is 18.4 Å². The summed E-state index contributed by atoms with van der Waals surface area (Å²) < 4.78 is 5.74. The first-order valence-electron chi connectivity index (χ1n) is 5.49. The number of carbonyl (C=O) groups excluding carboxylic acids is 1. The first kappa shape index (κ1) is 11.6. The molecule has 0 bridgehead atoms. The molecule has 1 aromatic rings. The summed E-state index contributed by atoms with van der Waals surface area (Å²) in [5.74, 6) is -1.73. The van der Waals surface area contributed by atoms with E-state index in [0.29, 0.717) is 5.75 Å². The number of Topliss-reactive ketones (excluding diaryl/α,β-unsaturated/α-hetero) is 1. The molecule has 90 valence electrons. The first-order chi connectivity index (χ1) is 7.89. The number of carboxylic acid groups (broad SMARTS) is 1. The number of carbonyl (C=O) groups is 2. The summed E-state index contributed by atoms with van der Waals surface area (Å²) in [4.78, 5) is 21.9. The quantitative estimate of drug-likeness (QED) is 0.628. The summed E-state index contributed by atoms with van der Waals surface area (Å²) in [5, 5.41) is 8.65. The van der Waals surface area contributed by atoms with Crippen LogP contribution in [0, 0.1) is 0 Å². The van der Waals surface area contributed by atoms with E-state index < -0.39 is 11.8 Å². The summed E-state index contributed by atoms with van der Waals surface area (Å²) in [6, 6.07) is 4.82. The van der Waals surface area contributed by atoms with Crippen molar-refractivity contribution >= 4 is 11.8 Å². The molecule has 2 rings (SSSR count). The molecule has 0 saturated heterocycles. The van der Waals surface area contributed by atoms with Gasteiger partial charge in [-0.25, -0.2) is 4.79 Å². The molecule has 4 nitrogen and oxygen atoms in total. The van der Waals surface area contributed by atoms with Crippen molar-refractivity contribution in [3.05, 3.63) is 29.3 Å². The van der Waals surface area contributed by atoms with Crippen molar-refractivity contribution in [1.82, 2.24) is 0 Å². The number of ketones is 1. The van der Waals surface area contributed by atoms with Gasteiger partial charge in [0.25, 0.3) is 5.78 Å². The highest BCUT2D eigenvalue weighted by atomic mass is 16.5. The summed E-state index contributed by atoms with van der Waals surface area (Å²) in [6.07, 6.45) is 1.79. The van der Waals surface area contributed by atoms with Crippen molar-refractivity contribution in [2.75, 3.05) is 0 Å². The molecule has 0 aromatic heterocycles. The van der Waals surface area contributed by atoms with Crippen molar-refractivity contribution in [3.63, 3.8) is 0 Å². The van der Waals surface area contributed by atoms with Gasteiger partial charge in [0.15, 0.2) is 0 Å². The van der Waals surface area contributed by atoms with Gasteiger partial charge < -0.3 is 9.84 Å². The molecule has 1 N–H and O–H groups in total. The summed E-state index contributed by atoms with van der Waals surface area (Å²) in [7, 11) is 0. The number of aryl methyl sites for hydroxylation is 1. The molecule has 0 atom stereocenters. The summed E-state index contributed by atoms with van der Waals surface area (Å²) in [6.45, 7) is 3.95. The highest BCUT2D eigenvalue weighted by Gasteiger charge is 2.27. The van der Waals surface area contributed by atoms with Crippen LogP contribution in [0.2, 0.25) is 0 Å². The van der Waals surface area contributed by atoms with E-state index in [4.69, 9.17) is 9.84 Å². The number of fused-ring (bicyclic) bond motifs is 1. The van der Waals surface area contributed by atoms with Crippen molar-refractivity contribution in [2.24, 2.45) is 0 Å². The van der Waals surface area contributed by atoms with Crippen LogP contribution in [0.5, 0.6) is 5.75 Å². The van der Waals surface area contributed by atoms with Gasteiger partial charge in [-0.2, -0.15) is 0 Å². The number of carboxylic acids is 1. The van der Waals surface area contributed by atoms with Crippen LogP contribution in [-0.4, -0.2) is 22.5 Å². The molecule has 0 spiro atoms. The van der Waals surface area contributed by atoms with Crippen LogP contribution in [-0.2, 0) is 11.2 Å². The van der Waals surface area contributed by atoms with Gasteiger partial charge in [-0.1, -0.05) is 12.1 Å². The third-order valence-corrected chi connectivity index (χ3v) is 2.91. The second kappa shape index (κ2) is 3.87. The molecule has 0 aliphatic carbocycles. The maximum Gasteiger partial charge on any atom is 0.377 e. The van der Waals surface area contributed by atoms with E-state index >= 15 is 0 Å². The van der Waals surface area contributed by atoms with Crippen LogP contribution in [0.15, 0.2) is 18.2 Å². The highest BCUT2D eigenvalue weighted by molar-refractivity contribution is 6.39. The minimum atomic E-state index is -1.44. The molecule has 0 fully saturated rings. The van der Waals surface area contributed by atoms with Crippen LogP contribution in [0.1, 0.15) is 36.2 Å². The number of aliphatic carboxylic acids is 1. The van der Waals surface area contributed by atoms with E-state index in [1.165, 1.54) is 12.1 Å². The van der Waals surface area contributed by atoms with Gasteiger partial charge in [0, 0.05) is 5.56 Å². The van der Waals surface area contributed by atoms with E-state index in [1.807, 2.05) is 13.8 Å². The normalized spacial score (nSPS) is 16.8. The van der Waals surface area contributed by atoms with Crippen LogP contribution in [0.25, 0.3) is 0 Å². The van der Waals surface area contributed by atoms with Gasteiger partial charge in [-0.3, -0.25) is 4.79 Å². The van der Waals surface area contributed by atoms with Crippen LogP contribution in [0.4, 0.5) is 0 Å². The number of hydrogen-bond donors (Lipinski definition) is 1. The predicted molar refractivity (Wildman–Crippen MR) is 61.4 cm³/mol. The molecule has 1 aliphatic heterocycles. The Labute approximate surface area is 99.2 Å². The SMILES string of the molecule is CC1(C)CCc2ccc(C(=O)C(=O)O)cc2O1. The van der Waals surface area contributed by atoms with Gasteiger partial charge in [0.05, 0.1) is 0 Å². The zero-order valence-corrected chi connectivity index (χ0v) is 9.82. The second-order valence-electron chi connectivity index (χ2n) is 4.82. The Morgan fingerprint density at radius 3 is 2.71 bits per heavy atom. The largest absolute Gasteiger partial charge is 0.488 e. The lowest BCUT2D eigenvalue weighted by molar-refractivity contribution is -0.131. The lowest BCUT2D eigenvalue weighted by atomic mass is 9.93. The molecule has 0 amide bonds. The molecule has 1 aliphatic rings. The molecule has 1 heterocycles. The Balaban J connectivity index is 2.37. The third-order valence-electron chi connectivity index (χ3n) is 2.91. The Morgan fingerprint density at radius 2 is 2.06 bits per heavy atom. The summed E-state index contributed by atoms with van der Waals surface area (Å²) >= 11 is 0. The fourth-order valence-electron chi connectivity index (χ4n) is 1.91. The number of ether oxygens (including phenoxy) is 1. The van der Waals surface area contributed by atoms with Gasteiger partial charge in [0.2, 0.25) is 0 Å². The van der Waals surface area contributed by atoms with Crippen molar-refractivity contribution in [1.29, 1.82) is 0 Å². The van der Waals surface area contributed by atoms with Crippen LogP contribution in [0.3, 0.4) is 0 Å². The van der Waals surface area contributed by atoms with Gasteiger partial charge in [-0.15, -0.1) is 0 Å². The molecule has 17 heavy (non-hydrogen) atoms. The van der Waals surface area contributed by atoms with E-state index in [-0.39, 0.29) is 11.2 Å². The standard InChI is InChI=1S/C13H14O4/c1-13(2)6-5-8-3-4-9(7-10(8)17-13)11(14)12(15)16/h3-4,7H,5-6H2,1-2H3,(H,15,16). The van der Waals surface area contributed by atoms with Crippen LogP contribution >= 0.6 is 0 Å². The second-order valence-corrected chi connectivity index (χ2v) is 4.82. The first-order valence-corrected chi connectivity index (χ1v) is 5.49. The molecule has 0 radical (unpaired) electrons. The monoisotopic (exact) mass is 234 g/mol. The molecule has 4 heteroatoms. The smallest absolute Gasteiger partial charge is 0.377 e. The lowest BCUT2D eigenvalue weighted by Gasteiger charge is -2.32. The Morgan fingerprint density at radius 1 is 1.35 bits per heavy atom. The average Bonchev–Trinajstić information content (AvgIpc) is 2.25. The topological polar surface area (TPSA) is 63.6 Å². The highest BCUT2D eigenvalue weighted by Crippen LogP contribution is 2.33. The Hall–Kier alpha value is -1.84. The zero-order chi connectivity index (χ0) is 12.6. The number of benzene rings is 1. The fourth-order valence-corrected chi connectivity index (χ4v) is 1.91. The van der Waals surface area contributed by atoms with E-state index in [1.54, 1.807) is 6.07 Å². The van der Waals surface area contributed by atoms with Gasteiger partial charge in [-0.05, 0) is 38.3 Å². The van der Waals surface area contributed by atoms with Crippen molar-refractivity contribution in [2.45, 2.75) is 32.3 Å². The van der Waals surface area contributed by atoms with Crippen molar-refractivity contribution < 1.29 is 19.4 Å². The minimum Gasteiger partial charge on any atom is -0.488 e. The molecular weight excluding hydrogens is 220 g/mol. The molecule has 0 unspecified atom stereocenters. The lowest BCUT2D eigenvalue weighted by Crippen LogP contribution is -2.32. The third kappa shape index (κ3) is 2.30. The molecular formula is C13H14O4. The Bertz CT molecular complexity index is 488. The zero-order valence-electron chi connectivity index (χ0n) is 9.82. The predicted octanol–water partition coefficient (Wildman–Crippen LogP) is 2.06. The molecule has 1 aromatic carbocycles. The van der Waals surface area contributed by atoms with Gasteiger partial charge in [0.1, 0.15) is 11.4 Å². The minimum absolute atomic E-state index is 0.161. The fraction of sp³-hybridized carbons (Fsp3) is 0.385. The van der Waals surface area contributed by atoms with E-state index in [2.05, 4.69) is 0 Å². The summed E-state index contributed by atoms with van der Waals surface area (Å²) in [5.41, 5.74) is 0.915. The molecule has 0 saturated carbocycles. The maximum absolute atomic E-state index is 11.3. The number of hydrogen-bond acceptors (Lipinski definition) is 3. The van der Waals surface area contributed by atoms with Gasteiger partial charge >= 0.3 is 5.97 Å². The van der Waals surface area contributed by atoms with Crippen molar-refractivity contribution in [3.8, 4) is 5.75 Å². The Kier molecular flexibility index (Phi) is 2.65. The van der Waals surface area contributed by atoms with E-state index in [9.17, 15) is 9.59 Å². The average molecular weight is 234 g/mol.